The summed E-state index contributed by atoms with van der Waals surface area (Å²) in [6.45, 7) is 10.5. The van der Waals surface area contributed by atoms with Crippen LogP contribution in [-0.2, 0) is 0 Å². The molecule has 0 aliphatic rings. The van der Waals surface area contributed by atoms with Crippen LogP contribution in [0.2, 0.25) is 0 Å². The standard InChI is InChI=1S/C24H27F2NO3.C3H4/c1-4-6-7-8-9-10-11-12-13-18(3)27-17-24(30)23(29)16-21(27)22(28)15-14-20(26)19(25)5-2;1-3-2/h4-11,14,16-17,22,28,30H,1,3,12-13,15H2,2H3;1H,2H3/b7-6-,9-8+,11-10+,19-5+,20-14+;. The fraction of sp³-hybridized carbons (Fsp3) is 0.222. The molecule has 0 saturated heterocycles. The number of allylic oxidation sites excluding steroid dienone is 11. The van der Waals surface area contributed by atoms with E-state index in [0.717, 1.165) is 18.2 Å². The molecular weight excluding hydrogens is 424 g/mol. The highest BCUT2D eigenvalue weighted by molar-refractivity contribution is 5.46. The summed E-state index contributed by atoms with van der Waals surface area (Å²) in [6, 6.07) is 1.06. The van der Waals surface area contributed by atoms with Gasteiger partial charge in [0.05, 0.1) is 18.0 Å². The number of aliphatic hydroxyl groups excluding tert-OH is 1. The van der Waals surface area contributed by atoms with Crippen molar-refractivity contribution in [1.29, 1.82) is 0 Å². The molecule has 1 unspecified atom stereocenters. The number of hydrogen-bond acceptors (Lipinski definition) is 3. The van der Waals surface area contributed by atoms with Gasteiger partial charge in [0, 0.05) is 18.2 Å². The topological polar surface area (TPSA) is 62.5 Å². The van der Waals surface area contributed by atoms with Crippen molar-refractivity contribution in [1.82, 2.24) is 4.57 Å². The molecule has 0 fully saturated rings. The molecule has 33 heavy (non-hydrogen) atoms. The maximum atomic E-state index is 13.6. The van der Waals surface area contributed by atoms with Gasteiger partial charge in [0.25, 0.3) is 0 Å². The maximum Gasteiger partial charge on any atom is 0.223 e. The lowest BCUT2D eigenvalue weighted by Crippen LogP contribution is -2.15. The van der Waals surface area contributed by atoms with Crippen molar-refractivity contribution in [2.75, 3.05) is 0 Å². The quantitative estimate of drug-likeness (QED) is 0.298. The van der Waals surface area contributed by atoms with Crippen molar-refractivity contribution < 1.29 is 19.0 Å². The van der Waals surface area contributed by atoms with Gasteiger partial charge in [-0.3, -0.25) is 4.79 Å². The number of aliphatic hydroxyl groups is 1. The number of aromatic nitrogens is 1. The van der Waals surface area contributed by atoms with Crippen LogP contribution in [0.15, 0.2) is 96.6 Å². The van der Waals surface area contributed by atoms with Crippen LogP contribution in [0.25, 0.3) is 5.70 Å². The second kappa shape index (κ2) is 16.9. The summed E-state index contributed by atoms with van der Waals surface area (Å²) >= 11 is 0. The van der Waals surface area contributed by atoms with E-state index < -0.39 is 28.9 Å². The smallest absolute Gasteiger partial charge is 0.223 e. The molecule has 6 heteroatoms. The average Bonchev–Trinajstić information content (AvgIpc) is 2.80. The third-order valence-electron chi connectivity index (χ3n) is 4.06. The Morgan fingerprint density at radius 1 is 1.24 bits per heavy atom. The molecule has 176 valence electrons. The van der Waals surface area contributed by atoms with Gasteiger partial charge in [0.15, 0.2) is 17.4 Å². The van der Waals surface area contributed by atoms with Gasteiger partial charge in [0.1, 0.15) is 0 Å². The highest BCUT2D eigenvalue weighted by atomic mass is 19.2. The first-order valence-corrected chi connectivity index (χ1v) is 10.2. The summed E-state index contributed by atoms with van der Waals surface area (Å²) in [7, 11) is 0. The lowest BCUT2D eigenvalue weighted by molar-refractivity contribution is 0.173. The molecule has 0 aromatic carbocycles. The summed E-state index contributed by atoms with van der Waals surface area (Å²) < 4.78 is 28.2. The molecular formula is C27H31F2NO3. The second-order valence-corrected chi connectivity index (χ2v) is 6.59. The van der Waals surface area contributed by atoms with E-state index in [2.05, 4.69) is 25.5 Å². The SMILES string of the molecule is C#CC.C=C\C=C/C=C/C=C/CCC(=C)n1cc(O)c(=O)cc1C(O)C/C=C(F)\C(F)=C/C. The van der Waals surface area contributed by atoms with E-state index in [0.29, 0.717) is 18.5 Å². The number of aromatic hydroxyl groups is 1. The van der Waals surface area contributed by atoms with Crippen molar-refractivity contribution in [3.63, 3.8) is 0 Å². The van der Waals surface area contributed by atoms with Gasteiger partial charge in [-0.1, -0.05) is 55.7 Å². The van der Waals surface area contributed by atoms with Gasteiger partial charge < -0.3 is 14.8 Å². The first-order chi connectivity index (χ1) is 15.7. The van der Waals surface area contributed by atoms with E-state index >= 15 is 0 Å². The predicted molar refractivity (Wildman–Crippen MR) is 133 cm³/mol. The Bertz CT molecular complexity index is 1030. The zero-order chi connectivity index (χ0) is 25.2. The van der Waals surface area contributed by atoms with E-state index in [1.807, 2.05) is 30.4 Å². The first kappa shape index (κ1) is 29.3. The van der Waals surface area contributed by atoms with Crippen molar-refractivity contribution in [3.8, 4) is 18.1 Å². The van der Waals surface area contributed by atoms with Crippen LogP contribution < -0.4 is 5.43 Å². The largest absolute Gasteiger partial charge is 0.503 e. The minimum Gasteiger partial charge on any atom is -0.503 e. The highest BCUT2D eigenvalue weighted by Gasteiger charge is 2.16. The van der Waals surface area contributed by atoms with Gasteiger partial charge in [-0.05, 0) is 38.8 Å². The normalized spacial score (nSPS) is 13.1. The van der Waals surface area contributed by atoms with Gasteiger partial charge in [-0.2, -0.15) is 0 Å². The summed E-state index contributed by atoms with van der Waals surface area (Å²) in [5.41, 5.74) is -0.0374. The average molecular weight is 456 g/mol. The fourth-order valence-corrected chi connectivity index (χ4v) is 2.46. The number of halogens is 2. The molecule has 1 atom stereocenters. The lowest BCUT2D eigenvalue weighted by Gasteiger charge is -2.19. The van der Waals surface area contributed by atoms with Gasteiger partial charge in [-0.25, -0.2) is 8.78 Å². The van der Waals surface area contributed by atoms with Crippen LogP contribution in [0, 0.1) is 12.3 Å². The molecule has 1 aromatic heterocycles. The van der Waals surface area contributed by atoms with Crippen molar-refractivity contribution in [2.45, 2.75) is 39.2 Å². The van der Waals surface area contributed by atoms with E-state index in [9.17, 15) is 23.8 Å². The van der Waals surface area contributed by atoms with Crippen LogP contribution in [0.1, 0.15) is 44.9 Å². The van der Waals surface area contributed by atoms with Gasteiger partial charge >= 0.3 is 0 Å². The third kappa shape index (κ3) is 11.5. The van der Waals surface area contributed by atoms with E-state index in [1.165, 1.54) is 17.7 Å². The third-order valence-corrected chi connectivity index (χ3v) is 4.06. The van der Waals surface area contributed by atoms with Crippen LogP contribution >= 0.6 is 0 Å². The summed E-state index contributed by atoms with van der Waals surface area (Å²) in [4.78, 5) is 11.8. The highest BCUT2D eigenvalue weighted by Crippen LogP contribution is 2.24. The molecule has 0 aliphatic carbocycles. The Morgan fingerprint density at radius 2 is 1.85 bits per heavy atom. The van der Waals surface area contributed by atoms with E-state index in [4.69, 9.17) is 0 Å². The molecule has 1 heterocycles. The predicted octanol–water partition coefficient (Wildman–Crippen LogP) is 6.45. The van der Waals surface area contributed by atoms with Gasteiger partial charge in [-0.15, -0.1) is 12.3 Å². The van der Waals surface area contributed by atoms with Crippen molar-refractivity contribution in [2.24, 2.45) is 0 Å². The number of terminal acetylenes is 1. The number of nitrogens with zero attached hydrogens (tertiary/aromatic N) is 1. The lowest BCUT2D eigenvalue weighted by atomic mass is 10.1. The van der Waals surface area contributed by atoms with Crippen molar-refractivity contribution in [3.05, 3.63) is 108 Å². The monoisotopic (exact) mass is 455 g/mol. The molecule has 1 aromatic rings. The zero-order valence-electron chi connectivity index (χ0n) is 19.0. The molecule has 0 aliphatic heterocycles. The molecule has 0 amide bonds. The molecule has 1 rings (SSSR count). The number of rotatable bonds is 11. The fourth-order valence-electron chi connectivity index (χ4n) is 2.46. The Labute approximate surface area is 194 Å². The Kier molecular flexibility index (Phi) is 15.0. The minimum atomic E-state index is -1.29. The van der Waals surface area contributed by atoms with E-state index in [-0.39, 0.29) is 12.1 Å². The second-order valence-electron chi connectivity index (χ2n) is 6.59. The first-order valence-electron chi connectivity index (χ1n) is 10.2. The molecule has 0 saturated carbocycles. The Balaban J connectivity index is 0.00000322. The molecule has 2 N–H and O–H groups in total. The van der Waals surface area contributed by atoms with Gasteiger partial charge in [0.2, 0.25) is 5.43 Å². The van der Waals surface area contributed by atoms with Crippen LogP contribution in [0.4, 0.5) is 8.78 Å². The summed E-state index contributed by atoms with van der Waals surface area (Å²) in [6.07, 6.45) is 20.0. The zero-order valence-corrected chi connectivity index (χ0v) is 19.0. The molecule has 0 radical (unpaired) electrons. The molecule has 0 bridgehead atoms. The minimum absolute atomic E-state index is 0.131. The Hall–Kier alpha value is -3.69. The molecule has 0 spiro atoms. The van der Waals surface area contributed by atoms with Crippen LogP contribution in [0.5, 0.6) is 5.75 Å². The summed E-state index contributed by atoms with van der Waals surface area (Å²) in [5.74, 6) is -0.374. The molecule has 4 nitrogen and oxygen atoms in total. The Morgan fingerprint density at radius 3 is 2.45 bits per heavy atom. The summed E-state index contributed by atoms with van der Waals surface area (Å²) in [5, 5.41) is 20.2. The van der Waals surface area contributed by atoms with Crippen LogP contribution in [-0.4, -0.2) is 14.8 Å². The van der Waals surface area contributed by atoms with Crippen LogP contribution in [0.3, 0.4) is 0 Å². The van der Waals surface area contributed by atoms with Crippen molar-refractivity contribution >= 4 is 5.70 Å². The number of hydrogen-bond donors (Lipinski definition) is 2. The maximum absolute atomic E-state index is 13.6. The van der Waals surface area contributed by atoms with E-state index in [1.54, 1.807) is 19.1 Å². The number of pyridine rings is 1.